The predicted octanol–water partition coefficient (Wildman–Crippen LogP) is 4.34. The minimum absolute atomic E-state index is 0.00157. The van der Waals surface area contributed by atoms with Crippen LogP contribution in [0.25, 0.3) is 0 Å². The number of ether oxygens (including phenoxy) is 1. The number of aryl methyl sites for hydroxylation is 2. The molecule has 130 valence electrons. The highest BCUT2D eigenvalue weighted by atomic mass is 16.5. The maximum Gasteiger partial charge on any atom is 0.261 e. The first-order valence-electron chi connectivity index (χ1n) is 9.50. The van der Waals surface area contributed by atoms with Gasteiger partial charge in [-0.15, -0.1) is 0 Å². The summed E-state index contributed by atoms with van der Waals surface area (Å²) in [5, 5.41) is 3.05. The van der Waals surface area contributed by atoms with Crippen molar-refractivity contribution in [3.8, 4) is 5.75 Å². The molecule has 3 heteroatoms. The van der Waals surface area contributed by atoms with E-state index < -0.39 is 6.10 Å². The standard InChI is InChI=1S/C21H29NO2/c1-2-20(21(23)22-15-16-8-4-3-5-9-16)24-19-13-12-17-10-6-7-11-18(17)14-19/h8,12-14,20H,2-7,9-11,15H2,1H3,(H,22,23)/t20-/m0/s1. The van der Waals surface area contributed by atoms with Crippen molar-refractivity contribution < 1.29 is 9.53 Å². The predicted molar refractivity (Wildman–Crippen MR) is 97.4 cm³/mol. The summed E-state index contributed by atoms with van der Waals surface area (Å²) in [6, 6.07) is 6.32. The van der Waals surface area contributed by atoms with Crippen LogP contribution in [0.4, 0.5) is 0 Å². The van der Waals surface area contributed by atoms with Crippen molar-refractivity contribution in [2.75, 3.05) is 6.54 Å². The summed E-state index contributed by atoms with van der Waals surface area (Å²) < 4.78 is 6.00. The minimum atomic E-state index is -0.407. The second kappa shape index (κ2) is 8.36. The van der Waals surface area contributed by atoms with Gasteiger partial charge in [0.15, 0.2) is 6.10 Å². The van der Waals surface area contributed by atoms with E-state index in [1.54, 1.807) is 0 Å². The van der Waals surface area contributed by atoms with Crippen molar-refractivity contribution in [2.24, 2.45) is 0 Å². The van der Waals surface area contributed by atoms with E-state index in [1.165, 1.54) is 48.8 Å². The topological polar surface area (TPSA) is 38.3 Å². The summed E-state index contributed by atoms with van der Waals surface area (Å²) in [4.78, 5) is 12.4. The maximum atomic E-state index is 12.4. The highest BCUT2D eigenvalue weighted by Gasteiger charge is 2.19. The number of hydrogen-bond donors (Lipinski definition) is 1. The Morgan fingerprint density at radius 1 is 1.12 bits per heavy atom. The molecule has 1 aromatic rings. The molecule has 1 aromatic carbocycles. The van der Waals surface area contributed by atoms with E-state index >= 15 is 0 Å². The molecule has 0 spiro atoms. The van der Waals surface area contributed by atoms with Gasteiger partial charge in [-0.25, -0.2) is 0 Å². The first kappa shape index (κ1) is 17.1. The zero-order valence-electron chi connectivity index (χ0n) is 14.8. The van der Waals surface area contributed by atoms with Crippen LogP contribution in [0.2, 0.25) is 0 Å². The van der Waals surface area contributed by atoms with Gasteiger partial charge in [-0.2, -0.15) is 0 Å². The van der Waals surface area contributed by atoms with Crippen molar-refractivity contribution in [3.63, 3.8) is 0 Å². The molecule has 1 N–H and O–H groups in total. The number of benzene rings is 1. The lowest BCUT2D eigenvalue weighted by Gasteiger charge is -2.21. The van der Waals surface area contributed by atoms with Crippen molar-refractivity contribution in [1.82, 2.24) is 5.32 Å². The molecule has 2 aliphatic rings. The number of amides is 1. The SMILES string of the molecule is CC[C@H](Oc1ccc2c(c1)CCCC2)C(=O)NCC1=CCCCC1. The fourth-order valence-corrected chi connectivity index (χ4v) is 3.65. The molecule has 1 atom stereocenters. The van der Waals surface area contributed by atoms with Crippen LogP contribution in [0.3, 0.4) is 0 Å². The molecule has 24 heavy (non-hydrogen) atoms. The number of allylic oxidation sites excluding steroid dienone is 1. The summed E-state index contributed by atoms with van der Waals surface area (Å²) >= 11 is 0. The highest BCUT2D eigenvalue weighted by Crippen LogP contribution is 2.26. The van der Waals surface area contributed by atoms with E-state index in [0.717, 1.165) is 25.0 Å². The number of fused-ring (bicyclic) bond motifs is 1. The fraction of sp³-hybridized carbons (Fsp3) is 0.571. The molecule has 0 fully saturated rings. The smallest absolute Gasteiger partial charge is 0.261 e. The van der Waals surface area contributed by atoms with Crippen LogP contribution in [0.5, 0.6) is 5.75 Å². The zero-order chi connectivity index (χ0) is 16.8. The van der Waals surface area contributed by atoms with E-state index in [0.29, 0.717) is 13.0 Å². The van der Waals surface area contributed by atoms with Crippen LogP contribution >= 0.6 is 0 Å². The van der Waals surface area contributed by atoms with Gasteiger partial charge >= 0.3 is 0 Å². The van der Waals surface area contributed by atoms with Crippen LogP contribution < -0.4 is 10.1 Å². The molecule has 0 aromatic heterocycles. The van der Waals surface area contributed by atoms with E-state index in [-0.39, 0.29) is 5.91 Å². The van der Waals surface area contributed by atoms with Gasteiger partial charge in [0.2, 0.25) is 0 Å². The third kappa shape index (κ3) is 4.40. The number of rotatable bonds is 6. The van der Waals surface area contributed by atoms with Crippen molar-refractivity contribution >= 4 is 5.91 Å². The van der Waals surface area contributed by atoms with Gasteiger partial charge in [-0.1, -0.05) is 24.6 Å². The largest absolute Gasteiger partial charge is 0.481 e. The molecule has 0 aliphatic heterocycles. The molecule has 0 heterocycles. The first-order chi connectivity index (χ1) is 11.8. The van der Waals surface area contributed by atoms with Crippen LogP contribution in [-0.4, -0.2) is 18.6 Å². The maximum absolute atomic E-state index is 12.4. The van der Waals surface area contributed by atoms with Crippen LogP contribution in [0.15, 0.2) is 29.8 Å². The fourth-order valence-electron chi connectivity index (χ4n) is 3.65. The molecule has 1 amide bonds. The Bertz CT molecular complexity index is 606. The molecule has 2 aliphatic carbocycles. The van der Waals surface area contributed by atoms with E-state index in [4.69, 9.17) is 4.74 Å². The van der Waals surface area contributed by atoms with Gasteiger partial charge < -0.3 is 10.1 Å². The molecule has 0 saturated carbocycles. The lowest BCUT2D eigenvalue weighted by Crippen LogP contribution is -2.39. The summed E-state index contributed by atoms with van der Waals surface area (Å²) in [5.74, 6) is 0.830. The molecular weight excluding hydrogens is 298 g/mol. The van der Waals surface area contributed by atoms with Crippen molar-refractivity contribution in [2.45, 2.75) is 70.8 Å². The molecular formula is C21H29NO2. The summed E-state index contributed by atoms with van der Waals surface area (Å²) in [7, 11) is 0. The van der Waals surface area contributed by atoms with Crippen molar-refractivity contribution in [1.29, 1.82) is 0 Å². The number of carbonyl (C=O) groups excluding carboxylic acids is 1. The van der Waals surface area contributed by atoms with Gasteiger partial charge in [-0.05, 0) is 81.0 Å². The number of carbonyl (C=O) groups is 1. The first-order valence-corrected chi connectivity index (χ1v) is 9.50. The number of hydrogen-bond acceptors (Lipinski definition) is 2. The lowest BCUT2D eigenvalue weighted by molar-refractivity contribution is -0.127. The quantitative estimate of drug-likeness (QED) is 0.789. The summed E-state index contributed by atoms with van der Waals surface area (Å²) in [5.41, 5.74) is 4.19. The van der Waals surface area contributed by atoms with Gasteiger partial charge in [0.25, 0.3) is 5.91 Å². The Morgan fingerprint density at radius 3 is 2.67 bits per heavy atom. The zero-order valence-corrected chi connectivity index (χ0v) is 14.8. The Labute approximate surface area is 145 Å². The molecule has 0 radical (unpaired) electrons. The van der Waals surface area contributed by atoms with Crippen molar-refractivity contribution in [3.05, 3.63) is 41.0 Å². The Hall–Kier alpha value is -1.77. The third-order valence-electron chi connectivity index (χ3n) is 5.14. The molecule has 0 unspecified atom stereocenters. The second-order valence-corrected chi connectivity index (χ2v) is 6.98. The van der Waals surface area contributed by atoms with Gasteiger partial charge in [0.1, 0.15) is 5.75 Å². The van der Waals surface area contributed by atoms with Crippen LogP contribution in [-0.2, 0) is 17.6 Å². The molecule has 0 saturated heterocycles. The highest BCUT2D eigenvalue weighted by molar-refractivity contribution is 5.81. The van der Waals surface area contributed by atoms with Gasteiger partial charge in [0.05, 0.1) is 0 Å². The normalized spacial score (nSPS) is 18.3. The molecule has 3 rings (SSSR count). The summed E-state index contributed by atoms with van der Waals surface area (Å²) in [6.07, 6.45) is 12.2. The molecule has 0 bridgehead atoms. The molecule has 3 nitrogen and oxygen atoms in total. The lowest BCUT2D eigenvalue weighted by atomic mass is 9.92. The van der Waals surface area contributed by atoms with E-state index in [9.17, 15) is 4.79 Å². The minimum Gasteiger partial charge on any atom is -0.481 e. The summed E-state index contributed by atoms with van der Waals surface area (Å²) in [6.45, 7) is 2.67. The Kier molecular flexibility index (Phi) is 5.95. The van der Waals surface area contributed by atoms with Gasteiger partial charge in [0, 0.05) is 6.54 Å². The average Bonchev–Trinajstić information content (AvgIpc) is 2.65. The monoisotopic (exact) mass is 327 g/mol. The Balaban J connectivity index is 1.57. The average molecular weight is 327 g/mol. The third-order valence-corrected chi connectivity index (χ3v) is 5.14. The Morgan fingerprint density at radius 2 is 1.92 bits per heavy atom. The van der Waals surface area contributed by atoms with Crippen LogP contribution in [0.1, 0.15) is 63.0 Å². The van der Waals surface area contributed by atoms with Gasteiger partial charge in [-0.3, -0.25) is 4.79 Å². The number of nitrogens with one attached hydrogen (secondary N) is 1. The van der Waals surface area contributed by atoms with E-state index in [2.05, 4.69) is 23.5 Å². The van der Waals surface area contributed by atoms with Crippen LogP contribution in [0, 0.1) is 0 Å². The van der Waals surface area contributed by atoms with E-state index in [1.807, 2.05) is 13.0 Å². The second-order valence-electron chi connectivity index (χ2n) is 6.98.